The quantitative estimate of drug-likeness (QED) is 0.610. The Morgan fingerprint density at radius 3 is 2.68 bits per heavy atom. The number of aryl methyl sites for hydroxylation is 2. The van der Waals surface area contributed by atoms with Gasteiger partial charge in [0.1, 0.15) is 5.75 Å². The maximum atomic E-state index is 12.6. The number of hydrogen-bond acceptors (Lipinski definition) is 5. The molecule has 0 saturated heterocycles. The summed E-state index contributed by atoms with van der Waals surface area (Å²) in [6.45, 7) is 5.79. The molecule has 0 aliphatic heterocycles. The Balaban J connectivity index is 1.81. The van der Waals surface area contributed by atoms with E-state index < -0.39 is 6.10 Å². The van der Waals surface area contributed by atoms with Crippen LogP contribution < -0.4 is 10.1 Å². The monoisotopic (exact) mass is 399 g/mol. The number of rotatable bonds is 7. The summed E-state index contributed by atoms with van der Waals surface area (Å²) in [6, 6.07) is 13.2. The molecule has 2 aromatic carbocycles. The van der Waals surface area contributed by atoms with Crippen molar-refractivity contribution in [3.8, 4) is 17.0 Å². The van der Waals surface area contributed by atoms with E-state index in [1.165, 1.54) is 5.56 Å². The van der Waals surface area contributed by atoms with Crippen LogP contribution >= 0.6 is 11.6 Å². The average molecular weight is 400 g/mol. The first-order chi connectivity index (χ1) is 13.5. The van der Waals surface area contributed by atoms with Gasteiger partial charge in [0.15, 0.2) is 11.8 Å². The van der Waals surface area contributed by atoms with Gasteiger partial charge in [-0.15, -0.1) is 0 Å². The number of carbonyl (C=O) groups is 1. The Labute approximate surface area is 168 Å². The number of anilines is 1. The molecule has 1 heterocycles. The summed E-state index contributed by atoms with van der Waals surface area (Å²) in [4.78, 5) is 12.6. The van der Waals surface area contributed by atoms with Crippen LogP contribution in [0.5, 0.6) is 5.75 Å². The molecule has 1 atom stereocenters. The SMILES string of the molecule is CCc1ccc(CC)c(-c2nonc2NC(=O)C(C)Oc2ccccc2Cl)c1. The topological polar surface area (TPSA) is 77.3 Å². The summed E-state index contributed by atoms with van der Waals surface area (Å²) < 4.78 is 10.6. The lowest BCUT2D eigenvalue weighted by atomic mass is 9.98. The van der Waals surface area contributed by atoms with E-state index in [0.29, 0.717) is 16.5 Å². The molecular weight excluding hydrogens is 378 g/mol. The molecule has 3 aromatic rings. The summed E-state index contributed by atoms with van der Waals surface area (Å²) in [5.74, 6) is 0.332. The Hall–Kier alpha value is -2.86. The molecule has 6 nitrogen and oxygen atoms in total. The number of aromatic nitrogens is 2. The summed E-state index contributed by atoms with van der Waals surface area (Å²) in [7, 11) is 0. The summed E-state index contributed by atoms with van der Waals surface area (Å²) in [6.07, 6.45) is 0.940. The maximum absolute atomic E-state index is 12.6. The molecule has 0 bridgehead atoms. The highest BCUT2D eigenvalue weighted by Gasteiger charge is 2.22. The van der Waals surface area contributed by atoms with Crippen molar-refractivity contribution in [2.24, 2.45) is 0 Å². The van der Waals surface area contributed by atoms with E-state index in [2.05, 4.69) is 47.7 Å². The Kier molecular flexibility index (Phi) is 6.31. The fourth-order valence-electron chi connectivity index (χ4n) is 2.82. The first-order valence-electron chi connectivity index (χ1n) is 9.20. The number of nitrogens with zero attached hydrogens (tertiary/aromatic N) is 2. The summed E-state index contributed by atoms with van der Waals surface area (Å²) in [5.41, 5.74) is 3.68. The van der Waals surface area contributed by atoms with Gasteiger partial charge in [-0.25, -0.2) is 4.63 Å². The second-order valence-corrected chi connectivity index (χ2v) is 6.75. The van der Waals surface area contributed by atoms with Gasteiger partial charge in [0.05, 0.1) is 5.02 Å². The van der Waals surface area contributed by atoms with Gasteiger partial charge in [0.25, 0.3) is 5.91 Å². The van der Waals surface area contributed by atoms with Gasteiger partial charge in [-0.1, -0.05) is 49.7 Å². The number of nitrogens with one attached hydrogen (secondary N) is 1. The molecule has 1 N–H and O–H groups in total. The van der Waals surface area contributed by atoms with E-state index in [0.717, 1.165) is 24.0 Å². The fourth-order valence-corrected chi connectivity index (χ4v) is 3.00. The number of benzene rings is 2. The third-order valence-corrected chi connectivity index (χ3v) is 4.77. The van der Waals surface area contributed by atoms with Crippen molar-refractivity contribution in [1.29, 1.82) is 0 Å². The zero-order valence-electron chi connectivity index (χ0n) is 16.0. The zero-order valence-corrected chi connectivity index (χ0v) is 16.8. The van der Waals surface area contributed by atoms with Gasteiger partial charge in [-0.05, 0) is 59.4 Å². The van der Waals surface area contributed by atoms with Crippen molar-refractivity contribution in [2.75, 3.05) is 5.32 Å². The van der Waals surface area contributed by atoms with Crippen LogP contribution in [0.2, 0.25) is 5.02 Å². The van der Waals surface area contributed by atoms with Gasteiger partial charge in [-0.2, -0.15) is 0 Å². The van der Waals surface area contributed by atoms with Crippen molar-refractivity contribution in [3.63, 3.8) is 0 Å². The van der Waals surface area contributed by atoms with Gasteiger partial charge < -0.3 is 10.1 Å². The molecule has 0 saturated carbocycles. The predicted molar refractivity (Wildman–Crippen MR) is 109 cm³/mol. The number of ether oxygens (including phenoxy) is 1. The molecule has 0 radical (unpaired) electrons. The number of carbonyl (C=O) groups excluding carboxylic acids is 1. The molecule has 0 aliphatic carbocycles. The van der Waals surface area contributed by atoms with E-state index in [9.17, 15) is 4.79 Å². The highest BCUT2D eigenvalue weighted by Crippen LogP contribution is 2.30. The highest BCUT2D eigenvalue weighted by molar-refractivity contribution is 6.32. The lowest BCUT2D eigenvalue weighted by Crippen LogP contribution is -2.30. The van der Waals surface area contributed by atoms with Crippen molar-refractivity contribution >= 4 is 23.3 Å². The van der Waals surface area contributed by atoms with Crippen LogP contribution in [0, 0.1) is 0 Å². The van der Waals surface area contributed by atoms with Crippen LogP contribution in [-0.4, -0.2) is 22.3 Å². The molecule has 1 unspecified atom stereocenters. The standard InChI is InChI=1S/C21H22ClN3O3/c1-4-14-10-11-15(5-2)16(12-14)19-20(25-28-24-19)23-21(26)13(3)27-18-9-7-6-8-17(18)22/h6-13H,4-5H2,1-3H3,(H,23,25,26). The maximum Gasteiger partial charge on any atom is 0.266 e. The van der Waals surface area contributed by atoms with Gasteiger partial charge in [0, 0.05) is 5.56 Å². The number of halogens is 1. The Bertz CT molecular complexity index is 971. The molecule has 0 aliphatic rings. The van der Waals surface area contributed by atoms with Gasteiger partial charge in [-0.3, -0.25) is 4.79 Å². The van der Waals surface area contributed by atoms with Crippen LogP contribution in [0.1, 0.15) is 31.9 Å². The lowest BCUT2D eigenvalue weighted by molar-refractivity contribution is -0.122. The third-order valence-electron chi connectivity index (χ3n) is 4.46. The van der Waals surface area contributed by atoms with E-state index >= 15 is 0 Å². The van der Waals surface area contributed by atoms with Crippen LogP contribution in [0.4, 0.5) is 5.82 Å². The zero-order chi connectivity index (χ0) is 20.1. The van der Waals surface area contributed by atoms with Crippen LogP contribution in [0.25, 0.3) is 11.3 Å². The van der Waals surface area contributed by atoms with Crippen LogP contribution in [0.3, 0.4) is 0 Å². The highest BCUT2D eigenvalue weighted by atomic mass is 35.5. The largest absolute Gasteiger partial charge is 0.479 e. The molecule has 1 aromatic heterocycles. The molecule has 7 heteroatoms. The van der Waals surface area contributed by atoms with Crippen molar-refractivity contribution < 1.29 is 14.2 Å². The number of hydrogen-bond donors (Lipinski definition) is 1. The number of amides is 1. The van der Waals surface area contributed by atoms with E-state index in [1.807, 2.05) is 0 Å². The molecule has 146 valence electrons. The molecule has 1 amide bonds. The second kappa shape index (κ2) is 8.89. The smallest absolute Gasteiger partial charge is 0.266 e. The average Bonchev–Trinajstić information content (AvgIpc) is 3.17. The predicted octanol–water partition coefficient (Wildman–Crippen LogP) is 4.92. The van der Waals surface area contributed by atoms with Gasteiger partial charge >= 0.3 is 0 Å². The molecule has 0 spiro atoms. The first-order valence-corrected chi connectivity index (χ1v) is 9.58. The minimum absolute atomic E-state index is 0.266. The number of para-hydroxylation sites is 1. The lowest BCUT2D eigenvalue weighted by Gasteiger charge is -2.15. The van der Waals surface area contributed by atoms with Crippen molar-refractivity contribution in [2.45, 2.75) is 39.7 Å². The third kappa shape index (κ3) is 4.34. The molecule has 0 fully saturated rings. The minimum Gasteiger partial charge on any atom is -0.479 e. The van der Waals surface area contributed by atoms with E-state index in [-0.39, 0.29) is 11.7 Å². The summed E-state index contributed by atoms with van der Waals surface area (Å²) in [5, 5.41) is 11.1. The van der Waals surface area contributed by atoms with Crippen molar-refractivity contribution in [1.82, 2.24) is 10.3 Å². The van der Waals surface area contributed by atoms with Crippen molar-refractivity contribution in [3.05, 3.63) is 58.6 Å². The van der Waals surface area contributed by atoms with Gasteiger partial charge in [0.2, 0.25) is 5.82 Å². The first kappa shape index (κ1) is 19.9. The van der Waals surface area contributed by atoms with Crippen LogP contribution in [-0.2, 0) is 17.6 Å². The minimum atomic E-state index is -0.780. The van der Waals surface area contributed by atoms with E-state index in [4.69, 9.17) is 21.0 Å². The normalized spacial score (nSPS) is 11.9. The molecular formula is C21H22ClN3O3. The van der Waals surface area contributed by atoms with E-state index in [1.54, 1.807) is 31.2 Å². The fraction of sp³-hybridized carbons (Fsp3) is 0.286. The second-order valence-electron chi connectivity index (χ2n) is 6.34. The Morgan fingerprint density at radius 2 is 1.96 bits per heavy atom. The summed E-state index contributed by atoms with van der Waals surface area (Å²) >= 11 is 6.09. The molecule has 28 heavy (non-hydrogen) atoms. The van der Waals surface area contributed by atoms with Crippen LogP contribution in [0.15, 0.2) is 47.1 Å². The Morgan fingerprint density at radius 1 is 1.18 bits per heavy atom. The molecule has 3 rings (SSSR count).